The second kappa shape index (κ2) is 64.2. The van der Waals surface area contributed by atoms with E-state index < -0.39 is 20.0 Å². The number of likely N-dealkylation sites (N-methyl/N-ethyl adjacent to an activating group) is 1. The number of allylic oxidation sites excluding steroid dienone is 5. The maximum Gasteiger partial charge on any atom is 0.472 e. The van der Waals surface area contributed by atoms with E-state index in [-0.39, 0.29) is 25.1 Å². The van der Waals surface area contributed by atoms with Crippen LogP contribution in [0.15, 0.2) is 36.5 Å². The van der Waals surface area contributed by atoms with Crippen molar-refractivity contribution < 1.29 is 37.3 Å². The maximum atomic E-state index is 13.6. The molecule has 3 atom stereocenters. The van der Waals surface area contributed by atoms with Crippen LogP contribution in [0.5, 0.6) is 0 Å². The van der Waals surface area contributed by atoms with Gasteiger partial charge in [-0.1, -0.05) is 334 Å². The van der Waals surface area contributed by atoms with E-state index in [9.17, 15) is 19.0 Å². The average molecular weight is 1200 g/mol. The molecule has 0 saturated carbocycles. The number of phosphoric ester groups is 1. The van der Waals surface area contributed by atoms with E-state index in [0.717, 1.165) is 64.2 Å². The first-order valence-electron chi connectivity index (χ1n) is 36.8. The Morgan fingerprint density at radius 3 is 1.10 bits per heavy atom. The first-order valence-corrected chi connectivity index (χ1v) is 38.3. The topological polar surface area (TPSA) is 111 Å². The highest BCUT2D eigenvalue weighted by molar-refractivity contribution is 7.47. The summed E-state index contributed by atoms with van der Waals surface area (Å²) in [5.41, 5.74) is 0. The summed E-state index contributed by atoms with van der Waals surface area (Å²) in [5.74, 6) is -0.490. The molecule has 0 aromatic rings. The first-order chi connectivity index (χ1) is 40.9. The van der Waals surface area contributed by atoms with Gasteiger partial charge in [-0.3, -0.25) is 18.6 Å². The van der Waals surface area contributed by atoms with Gasteiger partial charge in [0.1, 0.15) is 19.3 Å². The monoisotopic (exact) mass is 1200 g/mol. The van der Waals surface area contributed by atoms with Crippen LogP contribution in [0.4, 0.5) is 0 Å². The molecule has 0 aromatic heterocycles. The Balaban J connectivity index is 4.96. The number of nitrogens with one attached hydrogen (secondary N) is 1. The molecule has 2 N–H and O–H groups in total. The van der Waals surface area contributed by atoms with Crippen molar-refractivity contribution in [1.82, 2.24) is 5.32 Å². The van der Waals surface area contributed by atoms with E-state index in [4.69, 9.17) is 13.8 Å². The van der Waals surface area contributed by atoms with E-state index >= 15 is 0 Å². The zero-order valence-corrected chi connectivity index (χ0v) is 57.8. The summed E-state index contributed by atoms with van der Waals surface area (Å²) in [7, 11) is 1.51. The molecular formula is C74H144N2O7P+. The molecule has 0 fully saturated rings. The number of unbranched alkanes of at least 4 members (excludes halogenated alkanes) is 48. The molecular weight excluding hydrogens is 1060 g/mol. The molecule has 0 spiro atoms. The van der Waals surface area contributed by atoms with E-state index in [1.54, 1.807) is 0 Å². The third-order valence-corrected chi connectivity index (χ3v) is 17.8. The minimum Gasteiger partial charge on any atom is -0.456 e. The van der Waals surface area contributed by atoms with Crippen LogP contribution in [0.25, 0.3) is 0 Å². The summed E-state index contributed by atoms with van der Waals surface area (Å²) in [4.78, 5) is 37.9. The lowest BCUT2D eigenvalue weighted by Crippen LogP contribution is -2.47. The van der Waals surface area contributed by atoms with Crippen LogP contribution >= 0.6 is 7.82 Å². The molecule has 496 valence electrons. The van der Waals surface area contributed by atoms with Gasteiger partial charge in [0.25, 0.3) is 0 Å². The number of nitrogens with zero attached hydrogens (tertiary/aromatic N) is 1. The van der Waals surface area contributed by atoms with Crippen molar-refractivity contribution in [2.24, 2.45) is 0 Å². The summed E-state index contributed by atoms with van der Waals surface area (Å²) >= 11 is 0. The maximum absolute atomic E-state index is 13.6. The average Bonchev–Trinajstić information content (AvgIpc) is 3.65. The number of carbonyl (C=O) groups is 2. The Hall–Kier alpha value is -1.77. The number of hydrogen-bond acceptors (Lipinski definition) is 6. The van der Waals surface area contributed by atoms with Gasteiger partial charge in [-0.05, 0) is 63.9 Å². The number of quaternary nitrogens is 1. The first kappa shape index (κ1) is 82.2. The third-order valence-electron chi connectivity index (χ3n) is 16.8. The molecule has 0 heterocycles. The highest BCUT2D eigenvalue weighted by Crippen LogP contribution is 2.43. The molecule has 9 nitrogen and oxygen atoms in total. The predicted octanol–water partition coefficient (Wildman–Crippen LogP) is 23.4. The molecule has 0 aliphatic heterocycles. The Bertz CT molecular complexity index is 1530. The van der Waals surface area contributed by atoms with Crippen molar-refractivity contribution >= 4 is 19.7 Å². The predicted molar refractivity (Wildman–Crippen MR) is 365 cm³/mol. The standard InChI is InChI=1S/C74H143N2O7P/c1-7-10-13-16-19-22-25-28-30-32-34-35-36-37-38-39-40-41-43-44-46-48-51-54-57-60-63-66-73(77)75-71(70-82-84(79,80)81-69-68-76(4,5)6)72(65-62-59-56-53-50-27-24-21-18-15-12-9-3)83-74(78)67-64-61-58-55-52-49-47-45-42-33-31-29-26-23-20-17-14-11-8-2/h20,23,29,31,62,65,71-72H,7-19,21-22,24-28,30,32-61,63-64,66-70H2,1-6H3,(H-,75,77,79,80)/p+1/b23-20-,31-29-,65-62-. The number of carbonyl (C=O) groups excluding carboxylic acids is 2. The molecule has 0 aliphatic carbocycles. The molecule has 0 rings (SSSR count). The van der Waals surface area contributed by atoms with Gasteiger partial charge in [-0.25, -0.2) is 4.57 Å². The van der Waals surface area contributed by atoms with E-state index in [1.165, 1.54) is 276 Å². The fourth-order valence-electron chi connectivity index (χ4n) is 11.2. The van der Waals surface area contributed by atoms with Crippen molar-refractivity contribution in [1.29, 1.82) is 0 Å². The normalized spacial score (nSPS) is 13.7. The minimum absolute atomic E-state index is 0.0423. The highest BCUT2D eigenvalue weighted by Gasteiger charge is 2.30. The van der Waals surface area contributed by atoms with Crippen molar-refractivity contribution in [3.8, 4) is 0 Å². The van der Waals surface area contributed by atoms with Crippen LogP contribution in [0.1, 0.15) is 374 Å². The number of amides is 1. The zero-order valence-electron chi connectivity index (χ0n) is 56.9. The van der Waals surface area contributed by atoms with E-state index in [2.05, 4.69) is 50.4 Å². The highest BCUT2D eigenvalue weighted by atomic mass is 31.2. The Morgan fingerprint density at radius 2 is 0.726 bits per heavy atom. The number of phosphoric acid groups is 1. The van der Waals surface area contributed by atoms with E-state index in [0.29, 0.717) is 23.9 Å². The van der Waals surface area contributed by atoms with Gasteiger partial charge in [0.05, 0.1) is 33.8 Å². The lowest BCUT2D eigenvalue weighted by atomic mass is 10.0. The van der Waals surface area contributed by atoms with Gasteiger partial charge in [0, 0.05) is 12.8 Å². The third kappa shape index (κ3) is 64.7. The summed E-state index contributed by atoms with van der Waals surface area (Å²) in [6, 6.07) is -0.847. The summed E-state index contributed by atoms with van der Waals surface area (Å²) in [5, 5.41) is 3.08. The smallest absolute Gasteiger partial charge is 0.456 e. The van der Waals surface area contributed by atoms with Crippen LogP contribution in [0.2, 0.25) is 0 Å². The summed E-state index contributed by atoms with van der Waals surface area (Å²) in [6.07, 6.45) is 80.2. The molecule has 3 unspecified atom stereocenters. The number of rotatable bonds is 68. The van der Waals surface area contributed by atoms with Gasteiger partial charge in [0.2, 0.25) is 5.91 Å². The fourth-order valence-corrected chi connectivity index (χ4v) is 11.9. The van der Waals surface area contributed by atoms with Crippen LogP contribution in [-0.4, -0.2) is 74.3 Å². The lowest BCUT2D eigenvalue weighted by molar-refractivity contribution is -0.870. The van der Waals surface area contributed by atoms with Gasteiger partial charge in [-0.2, -0.15) is 0 Å². The molecule has 0 aromatic carbocycles. The Kier molecular flexibility index (Phi) is 62.9. The molecule has 0 bridgehead atoms. The molecule has 0 aliphatic rings. The largest absolute Gasteiger partial charge is 0.472 e. The minimum atomic E-state index is -4.45. The van der Waals surface area contributed by atoms with Gasteiger partial charge in [0.15, 0.2) is 0 Å². The van der Waals surface area contributed by atoms with Crippen molar-refractivity contribution in [3.05, 3.63) is 36.5 Å². The van der Waals surface area contributed by atoms with E-state index in [1.807, 2.05) is 33.3 Å². The van der Waals surface area contributed by atoms with Gasteiger partial charge in [-0.15, -0.1) is 0 Å². The van der Waals surface area contributed by atoms with Crippen LogP contribution < -0.4 is 5.32 Å². The number of hydrogen-bond donors (Lipinski definition) is 2. The Labute approximate surface area is 523 Å². The lowest BCUT2D eigenvalue weighted by Gasteiger charge is -2.27. The van der Waals surface area contributed by atoms with Crippen LogP contribution in [0, 0.1) is 0 Å². The Morgan fingerprint density at radius 1 is 0.417 bits per heavy atom. The van der Waals surface area contributed by atoms with Gasteiger partial charge >= 0.3 is 13.8 Å². The molecule has 10 heteroatoms. The molecule has 1 amide bonds. The summed E-state index contributed by atoms with van der Waals surface area (Å²) in [6.45, 7) is 7.05. The SMILES string of the molecule is CCCCC/C=C\C/C=C\CCCCCCCCCCCC(=O)OC(/C=C\CCCCCCCCCCCC)C(COP(=O)(O)OCC[N+](C)(C)C)NC(=O)CCCCCCCCCCCCCCCCCCCCCCCCCCCCC. The van der Waals surface area contributed by atoms with Gasteiger partial charge < -0.3 is 19.4 Å². The van der Waals surface area contributed by atoms with Crippen LogP contribution in [0.3, 0.4) is 0 Å². The number of esters is 1. The second-order valence-corrected chi connectivity index (χ2v) is 27.9. The molecule has 84 heavy (non-hydrogen) atoms. The fraction of sp³-hybridized carbons (Fsp3) is 0.892. The van der Waals surface area contributed by atoms with Crippen molar-refractivity contribution in [3.63, 3.8) is 0 Å². The van der Waals surface area contributed by atoms with Crippen LogP contribution in [-0.2, 0) is 27.9 Å². The second-order valence-electron chi connectivity index (χ2n) is 26.5. The zero-order chi connectivity index (χ0) is 61.4. The quantitative estimate of drug-likeness (QED) is 0.0205. The van der Waals surface area contributed by atoms with Crippen molar-refractivity contribution in [2.75, 3.05) is 40.9 Å². The van der Waals surface area contributed by atoms with Crippen molar-refractivity contribution in [2.45, 2.75) is 386 Å². The molecule has 0 saturated heterocycles. The number of ether oxygens (including phenoxy) is 1. The molecule has 0 radical (unpaired) electrons. The summed E-state index contributed by atoms with van der Waals surface area (Å²) < 4.78 is 30.8.